The number of para-hydroxylation sites is 1. The standard InChI is InChI=1S/C28H29N3O3/c1-19-24(28(20(2)32)12-7-13-28)16-21(25(10-14-29)30-22-8-5-4-6-9-22)17-26(19)34-23-11-15-31(3)27(33)18-23/h4-6,8-11,14-18,29-30H,7,12-13H2,1-3H3/b25-10-,29-14?. The van der Waals surface area contributed by atoms with Crippen LogP contribution in [0.1, 0.15) is 42.9 Å². The molecule has 6 heteroatoms. The summed E-state index contributed by atoms with van der Waals surface area (Å²) in [5.74, 6) is 1.17. The average Bonchev–Trinajstić information content (AvgIpc) is 2.78. The van der Waals surface area contributed by atoms with Crippen molar-refractivity contribution >= 4 is 23.4 Å². The van der Waals surface area contributed by atoms with Gasteiger partial charge in [0.1, 0.15) is 17.3 Å². The van der Waals surface area contributed by atoms with Crippen LogP contribution in [0.4, 0.5) is 5.69 Å². The van der Waals surface area contributed by atoms with E-state index in [9.17, 15) is 9.59 Å². The Labute approximate surface area is 199 Å². The smallest absolute Gasteiger partial charge is 0.253 e. The third kappa shape index (κ3) is 4.44. The zero-order chi connectivity index (χ0) is 24.3. The highest BCUT2D eigenvalue weighted by Gasteiger charge is 2.44. The van der Waals surface area contributed by atoms with Crippen LogP contribution < -0.4 is 15.6 Å². The van der Waals surface area contributed by atoms with E-state index < -0.39 is 5.41 Å². The fraction of sp³-hybridized carbons (Fsp3) is 0.250. The molecule has 174 valence electrons. The molecule has 0 saturated heterocycles. The number of pyridine rings is 1. The molecule has 1 aromatic heterocycles. The summed E-state index contributed by atoms with van der Waals surface area (Å²) in [6.45, 7) is 3.62. The number of ether oxygens (including phenoxy) is 1. The van der Waals surface area contributed by atoms with Crippen molar-refractivity contribution in [3.05, 3.63) is 93.9 Å². The Hall–Kier alpha value is -3.93. The summed E-state index contributed by atoms with van der Waals surface area (Å²) in [6.07, 6.45) is 7.18. The van der Waals surface area contributed by atoms with Crippen LogP contribution in [0.15, 0.2) is 71.7 Å². The molecule has 2 aromatic carbocycles. The summed E-state index contributed by atoms with van der Waals surface area (Å²) in [7, 11) is 1.69. The lowest BCUT2D eigenvalue weighted by Crippen LogP contribution is -2.41. The van der Waals surface area contributed by atoms with E-state index in [0.29, 0.717) is 17.2 Å². The number of ketones is 1. The maximum Gasteiger partial charge on any atom is 0.253 e. The average molecular weight is 456 g/mol. The normalized spacial score (nSPS) is 14.7. The van der Waals surface area contributed by atoms with E-state index in [4.69, 9.17) is 10.1 Å². The lowest BCUT2D eigenvalue weighted by atomic mass is 9.61. The Kier molecular flexibility index (Phi) is 6.50. The summed E-state index contributed by atoms with van der Waals surface area (Å²) >= 11 is 0. The van der Waals surface area contributed by atoms with Crippen molar-refractivity contribution < 1.29 is 9.53 Å². The van der Waals surface area contributed by atoms with Gasteiger partial charge in [0.25, 0.3) is 5.56 Å². The first-order valence-electron chi connectivity index (χ1n) is 11.4. The monoisotopic (exact) mass is 455 g/mol. The summed E-state index contributed by atoms with van der Waals surface area (Å²) in [5, 5.41) is 11.1. The number of nitrogens with one attached hydrogen (secondary N) is 2. The molecule has 1 saturated carbocycles. The predicted molar refractivity (Wildman–Crippen MR) is 136 cm³/mol. The van der Waals surface area contributed by atoms with Gasteiger partial charge in [-0.2, -0.15) is 0 Å². The Morgan fingerprint density at radius 1 is 1.15 bits per heavy atom. The number of anilines is 1. The minimum atomic E-state index is -0.534. The maximum absolute atomic E-state index is 12.8. The molecule has 6 nitrogen and oxygen atoms in total. The van der Waals surface area contributed by atoms with Crippen LogP contribution in [0.5, 0.6) is 11.5 Å². The fourth-order valence-corrected chi connectivity index (χ4v) is 4.48. The van der Waals surface area contributed by atoms with Gasteiger partial charge in [-0.3, -0.25) is 9.59 Å². The number of carbonyl (C=O) groups is 1. The van der Waals surface area contributed by atoms with Crippen molar-refractivity contribution in [1.29, 1.82) is 5.41 Å². The molecule has 0 aliphatic heterocycles. The second-order valence-electron chi connectivity index (χ2n) is 8.79. The second-order valence-corrected chi connectivity index (χ2v) is 8.79. The zero-order valence-electron chi connectivity index (χ0n) is 19.7. The molecule has 0 bridgehead atoms. The van der Waals surface area contributed by atoms with Crippen LogP contribution in [0.2, 0.25) is 0 Å². The first-order valence-corrected chi connectivity index (χ1v) is 11.4. The molecule has 1 fully saturated rings. The van der Waals surface area contributed by atoms with Crippen LogP contribution in [0.3, 0.4) is 0 Å². The minimum Gasteiger partial charge on any atom is -0.457 e. The van der Waals surface area contributed by atoms with Crippen LogP contribution in [-0.4, -0.2) is 16.6 Å². The number of aryl methyl sites for hydroxylation is 1. The van der Waals surface area contributed by atoms with Gasteiger partial charge in [-0.25, -0.2) is 0 Å². The van der Waals surface area contributed by atoms with Crippen molar-refractivity contribution in [3.63, 3.8) is 0 Å². The van der Waals surface area contributed by atoms with Gasteiger partial charge < -0.3 is 20.0 Å². The van der Waals surface area contributed by atoms with Gasteiger partial charge >= 0.3 is 0 Å². The summed E-state index contributed by atoms with van der Waals surface area (Å²) < 4.78 is 7.69. The quantitative estimate of drug-likeness (QED) is 0.433. The van der Waals surface area contributed by atoms with E-state index >= 15 is 0 Å². The fourth-order valence-electron chi connectivity index (χ4n) is 4.48. The number of Topliss-reactive ketones (excluding diaryl/α,β-unsaturated/α-hetero) is 1. The van der Waals surface area contributed by atoms with Crippen LogP contribution in [0.25, 0.3) is 5.70 Å². The van der Waals surface area contributed by atoms with Crippen molar-refractivity contribution in [2.24, 2.45) is 7.05 Å². The number of benzene rings is 2. The van der Waals surface area contributed by atoms with Gasteiger partial charge in [-0.05, 0) is 74.2 Å². The highest BCUT2D eigenvalue weighted by atomic mass is 16.5. The molecule has 2 N–H and O–H groups in total. The molecule has 0 atom stereocenters. The number of hydrogen-bond donors (Lipinski definition) is 2. The largest absolute Gasteiger partial charge is 0.457 e. The van der Waals surface area contributed by atoms with E-state index in [0.717, 1.165) is 41.6 Å². The number of rotatable bonds is 8. The van der Waals surface area contributed by atoms with Crippen molar-refractivity contribution in [2.45, 2.75) is 38.5 Å². The first kappa shape index (κ1) is 23.2. The lowest BCUT2D eigenvalue weighted by molar-refractivity contribution is -0.125. The number of allylic oxidation sites excluding steroid dienone is 1. The summed E-state index contributed by atoms with van der Waals surface area (Å²) in [6, 6.07) is 16.9. The zero-order valence-corrected chi connectivity index (χ0v) is 19.7. The molecular weight excluding hydrogens is 426 g/mol. The number of hydrogen-bond acceptors (Lipinski definition) is 5. The van der Waals surface area contributed by atoms with E-state index in [1.807, 2.05) is 49.4 Å². The highest BCUT2D eigenvalue weighted by molar-refractivity contribution is 5.92. The molecule has 1 aliphatic rings. The van der Waals surface area contributed by atoms with E-state index in [2.05, 4.69) is 5.32 Å². The third-order valence-corrected chi connectivity index (χ3v) is 6.67. The van der Waals surface area contributed by atoms with Crippen molar-refractivity contribution in [2.75, 3.05) is 5.32 Å². The van der Waals surface area contributed by atoms with Crippen molar-refractivity contribution in [3.8, 4) is 11.5 Å². The molecule has 34 heavy (non-hydrogen) atoms. The molecule has 3 aromatic rings. The van der Waals surface area contributed by atoms with E-state index in [1.54, 1.807) is 32.3 Å². The SMILES string of the molecule is CC(=O)C1(c2cc(/C(=C/C=N)Nc3ccccc3)cc(Oc3ccn(C)c(=O)c3)c2C)CCC1. The predicted octanol–water partition coefficient (Wildman–Crippen LogP) is 5.60. The van der Waals surface area contributed by atoms with Gasteiger partial charge in [-0.15, -0.1) is 0 Å². The van der Waals surface area contributed by atoms with Crippen molar-refractivity contribution in [1.82, 2.24) is 4.57 Å². The van der Waals surface area contributed by atoms with Crippen LogP contribution in [-0.2, 0) is 17.3 Å². The molecule has 0 amide bonds. The lowest BCUT2D eigenvalue weighted by Gasteiger charge is -2.41. The number of aromatic nitrogens is 1. The van der Waals surface area contributed by atoms with E-state index in [1.165, 1.54) is 16.8 Å². The maximum atomic E-state index is 12.8. The molecule has 4 rings (SSSR count). The van der Waals surface area contributed by atoms with Gasteiger partial charge in [0.2, 0.25) is 0 Å². The summed E-state index contributed by atoms with van der Waals surface area (Å²) in [5.41, 5.74) is 3.53. The van der Waals surface area contributed by atoms with Gasteiger partial charge in [-0.1, -0.05) is 24.6 Å². The van der Waals surface area contributed by atoms with Gasteiger partial charge in [0.05, 0.1) is 5.41 Å². The molecule has 1 aliphatic carbocycles. The Morgan fingerprint density at radius 2 is 1.88 bits per heavy atom. The Morgan fingerprint density at radius 3 is 2.47 bits per heavy atom. The van der Waals surface area contributed by atoms with Gasteiger partial charge in [0, 0.05) is 42.5 Å². The van der Waals surface area contributed by atoms with Gasteiger partial charge in [0.15, 0.2) is 0 Å². The number of nitrogens with zero attached hydrogens (tertiary/aromatic N) is 1. The van der Waals surface area contributed by atoms with E-state index in [-0.39, 0.29) is 11.3 Å². The van der Waals surface area contributed by atoms with Crippen LogP contribution in [0, 0.1) is 12.3 Å². The third-order valence-electron chi connectivity index (χ3n) is 6.67. The minimum absolute atomic E-state index is 0.145. The Bertz CT molecular complexity index is 1320. The molecule has 0 radical (unpaired) electrons. The second kappa shape index (κ2) is 9.51. The highest BCUT2D eigenvalue weighted by Crippen LogP contribution is 2.48. The molecule has 0 unspecified atom stereocenters. The first-order chi connectivity index (χ1) is 16.3. The summed E-state index contributed by atoms with van der Waals surface area (Å²) in [4.78, 5) is 24.9. The molecule has 1 heterocycles. The molecular formula is C28H29N3O3. The molecule has 0 spiro atoms. The Balaban J connectivity index is 1.86. The van der Waals surface area contributed by atoms with Crippen LogP contribution >= 0.6 is 0 Å². The topological polar surface area (TPSA) is 84.2 Å². The number of carbonyl (C=O) groups excluding carboxylic acids is 1.